The van der Waals surface area contributed by atoms with Crippen molar-refractivity contribution in [1.82, 2.24) is 4.90 Å². The highest BCUT2D eigenvalue weighted by molar-refractivity contribution is 6.14. The van der Waals surface area contributed by atoms with E-state index in [1.54, 1.807) is 50.5 Å². The van der Waals surface area contributed by atoms with E-state index in [1.807, 2.05) is 13.8 Å². The summed E-state index contributed by atoms with van der Waals surface area (Å²) in [7, 11) is 3.15. The van der Waals surface area contributed by atoms with Crippen LogP contribution < -0.4 is 9.47 Å². The third-order valence-electron chi connectivity index (χ3n) is 4.27. The van der Waals surface area contributed by atoms with Crippen LogP contribution in [0.15, 0.2) is 42.5 Å². The molecule has 0 spiro atoms. The lowest BCUT2D eigenvalue weighted by molar-refractivity contribution is -0.137. The van der Waals surface area contributed by atoms with Crippen LogP contribution in [0, 0.1) is 0 Å². The first kappa shape index (κ1) is 22.9. The Hall–Kier alpha value is -3.35. The molecule has 0 aromatic heterocycles. The van der Waals surface area contributed by atoms with Crippen LogP contribution in [0.4, 0.5) is 0 Å². The van der Waals surface area contributed by atoms with E-state index in [4.69, 9.17) is 14.2 Å². The lowest BCUT2D eigenvalue weighted by Gasteiger charge is -2.18. The van der Waals surface area contributed by atoms with Gasteiger partial charge in [-0.25, -0.2) is 4.79 Å². The van der Waals surface area contributed by atoms with Gasteiger partial charge in [0.25, 0.3) is 5.91 Å². The average molecular weight is 413 g/mol. The van der Waals surface area contributed by atoms with E-state index in [0.717, 1.165) is 0 Å². The van der Waals surface area contributed by atoms with Crippen molar-refractivity contribution in [2.24, 2.45) is 0 Å². The summed E-state index contributed by atoms with van der Waals surface area (Å²) in [4.78, 5) is 39.1. The fourth-order valence-electron chi connectivity index (χ4n) is 2.85. The number of rotatable bonds is 9. The van der Waals surface area contributed by atoms with E-state index in [9.17, 15) is 14.4 Å². The summed E-state index contributed by atoms with van der Waals surface area (Å²) in [5.74, 6) is -0.453. The summed E-state index contributed by atoms with van der Waals surface area (Å²) in [6, 6.07) is 11.2. The van der Waals surface area contributed by atoms with Crippen LogP contribution in [0.5, 0.6) is 11.5 Å². The molecule has 2 aromatic rings. The van der Waals surface area contributed by atoms with Gasteiger partial charge in [0.1, 0.15) is 0 Å². The third kappa shape index (κ3) is 5.37. The number of benzene rings is 2. The molecule has 0 bridgehead atoms. The molecule has 0 heterocycles. The number of hydrogen-bond donors (Lipinski definition) is 0. The maximum Gasteiger partial charge on any atom is 0.339 e. The molecule has 2 aromatic carbocycles. The van der Waals surface area contributed by atoms with E-state index in [2.05, 4.69) is 0 Å². The number of hydrogen-bond acceptors (Lipinski definition) is 6. The predicted molar refractivity (Wildman–Crippen MR) is 112 cm³/mol. The van der Waals surface area contributed by atoms with Crippen molar-refractivity contribution in [3.63, 3.8) is 0 Å². The summed E-state index contributed by atoms with van der Waals surface area (Å²) in [5.41, 5.74) is 0.617. The Kier molecular flexibility index (Phi) is 7.98. The average Bonchev–Trinajstić information content (AvgIpc) is 2.74. The van der Waals surface area contributed by atoms with Crippen LogP contribution in [0.25, 0.3) is 0 Å². The Morgan fingerprint density at radius 3 is 2.10 bits per heavy atom. The van der Waals surface area contributed by atoms with Crippen molar-refractivity contribution in [2.75, 3.05) is 27.3 Å². The standard InChI is InChI=1S/C23H27NO6/c1-6-28-19-13-12-16(14-20(19)29-7-2)21(25)17-10-8-9-11-18(17)23(27)30-15(3)22(26)24(4)5/h8-15H,6-7H2,1-5H3. The van der Waals surface area contributed by atoms with E-state index in [0.29, 0.717) is 30.3 Å². The van der Waals surface area contributed by atoms with E-state index in [-0.39, 0.29) is 22.8 Å². The van der Waals surface area contributed by atoms with Crippen LogP contribution in [0.3, 0.4) is 0 Å². The number of nitrogens with zero attached hydrogens (tertiary/aromatic N) is 1. The second kappa shape index (κ2) is 10.4. The minimum Gasteiger partial charge on any atom is -0.490 e. The zero-order chi connectivity index (χ0) is 22.3. The number of likely N-dealkylation sites (N-methyl/N-ethyl adjacent to an activating group) is 1. The summed E-state index contributed by atoms with van der Waals surface area (Å²) < 4.78 is 16.4. The van der Waals surface area contributed by atoms with Gasteiger partial charge in [0.05, 0.1) is 18.8 Å². The van der Waals surface area contributed by atoms with Gasteiger partial charge in [0.15, 0.2) is 23.4 Å². The fourth-order valence-corrected chi connectivity index (χ4v) is 2.85. The molecule has 1 amide bonds. The molecule has 0 saturated heterocycles. The predicted octanol–water partition coefficient (Wildman–Crippen LogP) is 3.35. The number of ketones is 1. The number of amides is 1. The van der Waals surface area contributed by atoms with Crippen LogP contribution in [0.1, 0.15) is 47.1 Å². The van der Waals surface area contributed by atoms with Crippen molar-refractivity contribution in [2.45, 2.75) is 26.9 Å². The van der Waals surface area contributed by atoms with E-state index >= 15 is 0 Å². The molecule has 0 radical (unpaired) electrons. The first-order chi connectivity index (χ1) is 14.3. The van der Waals surface area contributed by atoms with Gasteiger partial charge in [-0.3, -0.25) is 9.59 Å². The summed E-state index contributed by atoms with van der Waals surface area (Å²) in [6.45, 7) is 6.07. The van der Waals surface area contributed by atoms with Crippen LogP contribution in [-0.4, -0.2) is 56.0 Å². The van der Waals surface area contributed by atoms with E-state index < -0.39 is 12.1 Å². The maximum atomic E-state index is 13.1. The largest absolute Gasteiger partial charge is 0.490 e. The van der Waals surface area contributed by atoms with Gasteiger partial charge in [0, 0.05) is 25.2 Å². The zero-order valence-electron chi connectivity index (χ0n) is 17.9. The molecule has 2 rings (SSSR count). The third-order valence-corrected chi connectivity index (χ3v) is 4.27. The van der Waals surface area contributed by atoms with Crippen molar-refractivity contribution in [3.05, 3.63) is 59.2 Å². The number of ether oxygens (including phenoxy) is 3. The molecule has 1 unspecified atom stereocenters. The van der Waals surface area contributed by atoms with Crippen molar-refractivity contribution in [3.8, 4) is 11.5 Å². The highest BCUT2D eigenvalue weighted by Crippen LogP contribution is 2.30. The molecule has 7 heteroatoms. The van der Waals surface area contributed by atoms with Gasteiger partial charge < -0.3 is 19.1 Å². The molecule has 1 atom stereocenters. The van der Waals surface area contributed by atoms with Crippen molar-refractivity contribution < 1.29 is 28.6 Å². The van der Waals surface area contributed by atoms with Gasteiger partial charge in [-0.05, 0) is 45.0 Å². The zero-order valence-corrected chi connectivity index (χ0v) is 17.9. The topological polar surface area (TPSA) is 82.1 Å². The van der Waals surface area contributed by atoms with Crippen LogP contribution >= 0.6 is 0 Å². The Morgan fingerprint density at radius 2 is 1.50 bits per heavy atom. The molecule has 0 aliphatic rings. The molecule has 0 fully saturated rings. The molecule has 0 saturated carbocycles. The van der Waals surface area contributed by atoms with Gasteiger partial charge in [-0.15, -0.1) is 0 Å². The second-order valence-electron chi connectivity index (χ2n) is 6.68. The molecule has 0 N–H and O–H groups in total. The Bertz CT molecular complexity index is 922. The molecule has 0 aliphatic carbocycles. The van der Waals surface area contributed by atoms with Gasteiger partial charge in [-0.2, -0.15) is 0 Å². The lowest BCUT2D eigenvalue weighted by Crippen LogP contribution is -2.35. The van der Waals surface area contributed by atoms with Crippen molar-refractivity contribution in [1.29, 1.82) is 0 Å². The summed E-state index contributed by atoms with van der Waals surface area (Å²) >= 11 is 0. The van der Waals surface area contributed by atoms with Gasteiger partial charge in [0.2, 0.25) is 0 Å². The Labute approximate surface area is 176 Å². The minimum absolute atomic E-state index is 0.0905. The number of carbonyl (C=O) groups excluding carboxylic acids is 3. The first-order valence-electron chi connectivity index (χ1n) is 9.75. The highest BCUT2D eigenvalue weighted by atomic mass is 16.5. The molecular weight excluding hydrogens is 386 g/mol. The van der Waals surface area contributed by atoms with Crippen molar-refractivity contribution >= 4 is 17.7 Å². The van der Waals surface area contributed by atoms with Crippen LogP contribution in [0.2, 0.25) is 0 Å². The molecule has 7 nitrogen and oxygen atoms in total. The van der Waals surface area contributed by atoms with Crippen LogP contribution in [-0.2, 0) is 9.53 Å². The fraction of sp³-hybridized carbons (Fsp3) is 0.348. The SMILES string of the molecule is CCOc1ccc(C(=O)c2ccccc2C(=O)OC(C)C(=O)N(C)C)cc1OCC. The normalized spacial score (nSPS) is 11.4. The lowest BCUT2D eigenvalue weighted by atomic mass is 9.98. The smallest absolute Gasteiger partial charge is 0.339 e. The molecule has 0 aliphatic heterocycles. The Balaban J connectivity index is 2.34. The number of carbonyl (C=O) groups is 3. The second-order valence-corrected chi connectivity index (χ2v) is 6.68. The molecule has 30 heavy (non-hydrogen) atoms. The quantitative estimate of drug-likeness (QED) is 0.463. The first-order valence-corrected chi connectivity index (χ1v) is 9.75. The minimum atomic E-state index is -0.967. The van der Waals surface area contributed by atoms with Gasteiger partial charge in [-0.1, -0.05) is 18.2 Å². The number of esters is 1. The van der Waals surface area contributed by atoms with Gasteiger partial charge >= 0.3 is 5.97 Å². The Morgan fingerprint density at radius 1 is 0.900 bits per heavy atom. The van der Waals surface area contributed by atoms with E-state index in [1.165, 1.54) is 17.9 Å². The monoisotopic (exact) mass is 413 g/mol. The maximum absolute atomic E-state index is 13.1. The summed E-state index contributed by atoms with van der Waals surface area (Å²) in [5, 5.41) is 0. The molecular formula is C23H27NO6. The molecule has 160 valence electrons. The summed E-state index contributed by atoms with van der Waals surface area (Å²) in [6.07, 6.45) is -0.967. The highest BCUT2D eigenvalue weighted by Gasteiger charge is 2.24.